The van der Waals surface area contributed by atoms with Crippen molar-refractivity contribution in [2.45, 2.75) is 13.5 Å². The number of thiophene rings is 1. The molecule has 0 saturated heterocycles. The van der Waals surface area contributed by atoms with Gasteiger partial charge in [-0.15, -0.1) is 11.3 Å². The monoisotopic (exact) mass is 283 g/mol. The van der Waals surface area contributed by atoms with Gasteiger partial charge in [0.1, 0.15) is 23.1 Å². The Kier molecular flexibility index (Phi) is 3.80. The first-order chi connectivity index (χ1) is 8.97. The van der Waals surface area contributed by atoms with Crippen molar-refractivity contribution in [3.63, 3.8) is 0 Å². The molecule has 3 nitrogen and oxygen atoms in total. The molecule has 0 aliphatic carbocycles. The summed E-state index contributed by atoms with van der Waals surface area (Å²) in [5.41, 5.74) is 6.27. The van der Waals surface area contributed by atoms with E-state index in [9.17, 15) is 13.6 Å². The highest BCUT2D eigenvalue weighted by molar-refractivity contribution is 7.14. The highest BCUT2D eigenvalue weighted by Gasteiger charge is 2.13. The number of benzene rings is 1. The zero-order chi connectivity index (χ0) is 14.0. The van der Waals surface area contributed by atoms with Gasteiger partial charge in [0.2, 0.25) is 0 Å². The lowest BCUT2D eigenvalue weighted by Gasteiger charge is -2.04. The molecule has 0 spiro atoms. The third kappa shape index (κ3) is 3.08. The molecule has 1 heterocycles. The van der Waals surface area contributed by atoms with Gasteiger partial charge in [-0.05, 0) is 25.1 Å². The van der Waals surface area contributed by atoms with Crippen LogP contribution in [0.2, 0.25) is 0 Å². The molecule has 0 aliphatic rings. The van der Waals surface area contributed by atoms with E-state index in [-0.39, 0.29) is 12.2 Å². The van der Waals surface area contributed by atoms with Crippen molar-refractivity contribution in [2.75, 3.05) is 5.73 Å². The van der Waals surface area contributed by atoms with Gasteiger partial charge in [-0.2, -0.15) is 0 Å². The first kappa shape index (κ1) is 13.5. The van der Waals surface area contributed by atoms with E-state index >= 15 is 0 Å². The average Bonchev–Trinajstić information content (AvgIpc) is 2.68. The van der Waals surface area contributed by atoms with Gasteiger partial charge < -0.3 is 10.5 Å². The number of carbonyl (C=O) groups excluding carboxylic acids is 1. The Bertz CT molecular complexity index is 606. The minimum absolute atomic E-state index is 0.121. The van der Waals surface area contributed by atoms with Crippen LogP contribution in [0.4, 0.5) is 14.5 Å². The molecule has 2 rings (SSSR count). The van der Waals surface area contributed by atoms with Crippen LogP contribution < -0.4 is 5.73 Å². The van der Waals surface area contributed by atoms with Crippen LogP contribution >= 0.6 is 11.3 Å². The second-order valence-electron chi connectivity index (χ2n) is 3.93. The van der Waals surface area contributed by atoms with Crippen molar-refractivity contribution in [1.29, 1.82) is 0 Å². The number of aryl methyl sites for hydroxylation is 1. The topological polar surface area (TPSA) is 52.3 Å². The quantitative estimate of drug-likeness (QED) is 0.879. The maximum Gasteiger partial charge on any atom is 0.348 e. The predicted octanol–water partition coefficient (Wildman–Crippen LogP) is 3.27. The molecule has 0 unspecified atom stereocenters. The Morgan fingerprint density at radius 2 is 2.11 bits per heavy atom. The molecule has 6 heteroatoms. The summed E-state index contributed by atoms with van der Waals surface area (Å²) in [5, 5.41) is 0. The first-order valence-corrected chi connectivity index (χ1v) is 6.26. The first-order valence-electron chi connectivity index (χ1n) is 5.44. The fraction of sp³-hybridized carbons (Fsp3) is 0.154. The maximum absolute atomic E-state index is 13.3. The molecule has 0 amide bonds. The second kappa shape index (κ2) is 5.36. The van der Waals surface area contributed by atoms with Crippen molar-refractivity contribution in [2.24, 2.45) is 0 Å². The average molecular weight is 283 g/mol. The molecule has 0 radical (unpaired) electrons. The number of anilines is 1. The van der Waals surface area contributed by atoms with Crippen molar-refractivity contribution >= 4 is 23.0 Å². The highest BCUT2D eigenvalue weighted by Crippen LogP contribution is 2.24. The van der Waals surface area contributed by atoms with E-state index in [0.717, 1.165) is 17.0 Å². The van der Waals surface area contributed by atoms with Crippen molar-refractivity contribution in [3.05, 3.63) is 51.2 Å². The van der Waals surface area contributed by atoms with Crippen LogP contribution in [-0.4, -0.2) is 5.97 Å². The van der Waals surface area contributed by atoms with E-state index in [0.29, 0.717) is 10.6 Å². The Balaban J connectivity index is 2.04. The van der Waals surface area contributed by atoms with E-state index in [1.807, 2.05) is 0 Å². The molecule has 100 valence electrons. The lowest BCUT2D eigenvalue weighted by molar-refractivity contribution is 0.0475. The summed E-state index contributed by atoms with van der Waals surface area (Å²) in [7, 11) is 0. The Morgan fingerprint density at radius 1 is 1.37 bits per heavy atom. The molecule has 1 aromatic heterocycles. The molecule has 0 bridgehead atoms. The summed E-state index contributed by atoms with van der Waals surface area (Å²) in [6, 6.07) is 4.62. The van der Waals surface area contributed by atoms with Gasteiger partial charge in [0.15, 0.2) is 0 Å². The molecule has 0 fully saturated rings. The number of ether oxygens (including phenoxy) is 1. The van der Waals surface area contributed by atoms with Crippen LogP contribution in [0.25, 0.3) is 0 Å². The zero-order valence-electron chi connectivity index (χ0n) is 10.1. The van der Waals surface area contributed by atoms with E-state index in [2.05, 4.69) is 0 Å². The Hall–Kier alpha value is -1.95. The number of nitrogens with two attached hydrogens (primary N) is 1. The van der Waals surface area contributed by atoms with Crippen LogP contribution in [0.5, 0.6) is 0 Å². The van der Waals surface area contributed by atoms with E-state index in [4.69, 9.17) is 10.5 Å². The fourth-order valence-corrected chi connectivity index (χ4v) is 2.28. The number of rotatable bonds is 3. The van der Waals surface area contributed by atoms with E-state index in [1.54, 1.807) is 6.92 Å². The van der Waals surface area contributed by atoms with Gasteiger partial charge in [0.05, 0.1) is 0 Å². The number of halogens is 2. The minimum atomic E-state index is -0.741. The number of nitrogen functional groups attached to an aromatic ring is 1. The number of carbonyl (C=O) groups is 1. The smallest absolute Gasteiger partial charge is 0.348 e. The van der Waals surface area contributed by atoms with Gasteiger partial charge in [-0.3, -0.25) is 0 Å². The van der Waals surface area contributed by atoms with Crippen LogP contribution in [0.15, 0.2) is 24.3 Å². The second-order valence-corrected chi connectivity index (χ2v) is 5.19. The third-order valence-corrected chi connectivity index (χ3v) is 3.58. The summed E-state index contributed by atoms with van der Waals surface area (Å²) in [4.78, 5) is 12.9. The number of esters is 1. The maximum atomic E-state index is 13.3. The number of hydrogen-bond acceptors (Lipinski definition) is 4. The van der Waals surface area contributed by atoms with Crippen LogP contribution in [0, 0.1) is 18.6 Å². The van der Waals surface area contributed by atoms with Gasteiger partial charge in [0.25, 0.3) is 0 Å². The molecule has 2 aromatic rings. The third-order valence-electron chi connectivity index (χ3n) is 2.53. The Labute approximate surface area is 112 Å². The molecule has 0 aliphatic heterocycles. The molecule has 2 N–H and O–H groups in total. The molecule has 0 saturated carbocycles. The lowest BCUT2D eigenvalue weighted by atomic mass is 10.2. The summed E-state index contributed by atoms with van der Waals surface area (Å²) >= 11 is 1.21. The van der Waals surface area contributed by atoms with Crippen molar-refractivity contribution < 1.29 is 18.3 Å². The summed E-state index contributed by atoms with van der Waals surface area (Å²) in [6.07, 6.45) is 0. The molecular weight excluding hydrogens is 272 g/mol. The standard InChI is InChI=1S/C13H11F2NO2S/c1-7-11(16)5-12(19-7)13(17)18-6-8-2-3-9(14)4-10(8)15/h2-5H,6,16H2,1H3. The van der Waals surface area contributed by atoms with E-state index < -0.39 is 17.6 Å². The van der Waals surface area contributed by atoms with Gasteiger partial charge in [-0.25, -0.2) is 13.6 Å². The minimum Gasteiger partial charge on any atom is -0.457 e. The molecular formula is C13H11F2NO2S. The van der Waals surface area contributed by atoms with E-state index in [1.165, 1.54) is 23.5 Å². The van der Waals surface area contributed by atoms with Gasteiger partial charge in [-0.1, -0.05) is 0 Å². The highest BCUT2D eigenvalue weighted by atomic mass is 32.1. The normalized spacial score (nSPS) is 10.5. The van der Waals surface area contributed by atoms with Crippen molar-refractivity contribution in [1.82, 2.24) is 0 Å². The SMILES string of the molecule is Cc1sc(C(=O)OCc2ccc(F)cc2F)cc1N. The molecule has 19 heavy (non-hydrogen) atoms. The van der Waals surface area contributed by atoms with Crippen LogP contribution in [-0.2, 0) is 11.3 Å². The summed E-state index contributed by atoms with van der Waals surface area (Å²) in [6.45, 7) is 1.54. The van der Waals surface area contributed by atoms with Crippen molar-refractivity contribution in [3.8, 4) is 0 Å². The van der Waals surface area contributed by atoms with Crippen LogP contribution in [0.1, 0.15) is 20.1 Å². The largest absolute Gasteiger partial charge is 0.457 e. The number of hydrogen-bond donors (Lipinski definition) is 1. The van der Waals surface area contributed by atoms with Gasteiger partial charge >= 0.3 is 5.97 Å². The fourth-order valence-electron chi connectivity index (χ4n) is 1.45. The van der Waals surface area contributed by atoms with Crippen LogP contribution in [0.3, 0.4) is 0 Å². The lowest BCUT2D eigenvalue weighted by Crippen LogP contribution is -2.04. The Morgan fingerprint density at radius 3 is 2.68 bits per heavy atom. The summed E-state index contributed by atoms with van der Waals surface area (Å²) in [5.74, 6) is -1.99. The predicted molar refractivity (Wildman–Crippen MR) is 68.9 cm³/mol. The molecule has 0 atom stereocenters. The molecule has 1 aromatic carbocycles. The van der Waals surface area contributed by atoms with Gasteiger partial charge in [0, 0.05) is 22.2 Å². The summed E-state index contributed by atoms with van der Waals surface area (Å²) < 4.78 is 31.0. The zero-order valence-corrected chi connectivity index (χ0v) is 10.9.